The minimum atomic E-state index is -4.62. The first kappa shape index (κ1) is 13.5. The molecule has 0 unspecified atom stereocenters. The Bertz CT molecular complexity index is 578. The van der Waals surface area contributed by atoms with E-state index >= 15 is 0 Å². The lowest BCUT2D eigenvalue weighted by molar-refractivity contribution is -0.143. The maximum atomic E-state index is 13.0. The third kappa shape index (κ3) is 2.46. The maximum Gasteiger partial charge on any atom is 0.435 e. The molecule has 1 aromatic heterocycles. The number of rotatable bonds is 3. The number of hydrogen-bond donors (Lipinski definition) is 1. The summed E-state index contributed by atoms with van der Waals surface area (Å²) in [7, 11) is 0. The fourth-order valence-electron chi connectivity index (χ4n) is 1.89. The van der Waals surface area contributed by atoms with Crippen molar-refractivity contribution in [2.45, 2.75) is 26.1 Å². The van der Waals surface area contributed by atoms with E-state index in [1.807, 2.05) is 6.92 Å². The van der Waals surface area contributed by atoms with Crippen LogP contribution in [-0.2, 0) is 19.2 Å². The van der Waals surface area contributed by atoms with Crippen molar-refractivity contribution in [3.63, 3.8) is 0 Å². The van der Waals surface area contributed by atoms with Gasteiger partial charge in [0.05, 0.1) is 12.3 Å². The van der Waals surface area contributed by atoms with Gasteiger partial charge in [-0.3, -0.25) is 0 Å². The summed E-state index contributed by atoms with van der Waals surface area (Å²) in [6.45, 7) is 1.04. The van der Waals surface area contributed by atoms with Gasteiger partial charge in [-0.1, -0.05) is 30.3 Å². The largest absolute Gasteiger partial charge is 0.435 e. The van der Waals surface area contributed by atoms with Crippen LogP contribution in [0.15, 0.2) is 24.3 Å². The van der Waals surface area contributed by atoms with Crippen molar-refractivity contribution in [3.05, 3.63) is 41.2 Å². The summed E-state index contributed by atoms with van der Waals surface area (Å²) >= 11 is 0. The molecule has 0 amide bonds. The molecule has 0 aliphatic carbocycles. The normalized spacial score (nSPS) is 11.8. The van der Waals surface area contributed by atoms with Crippen LogP contribution in [0.1, 0.15) is 23.9 Å². The van der Waals surface area contributed by atoms with Gasteiger partial charge in [0, 0.05) is 0 Å². The Hall–Kier alpha value is -1.89. The molecule has 0 radical (unpaired) electrons. The second kappa shape index (κ2) is 5.00. The summed E-state index contributed by atoms with van der Waals surface area (Å²) in [6.07, 6.45) is -4.05. The number of alkyl halides is 3. The summed E-state index contributed by atoms with van der Waals surface area (Å²) < 4.78 is 39.9. The molecule has 0 bridgehead atoms. The highest BCUT2D eigenvalue weighted by molar-refractivity contribution is 5.42. The first-order valence-corrected chi connectivity index (χ1v) is 5.70. The van der Waals surface area contributed by atoms with Gasteiger partial charge in [0.25, 0.3) is 0 Å². The Labute approximate surface area is 107 Å². The van der Waals surface area contributed by atoms with Gasteiger partial charge < -0.3 is 5.11 Å². The molecule has 2 rings (SSSR count). The van der Waals surface area contributed by atoms with Crippen LogP contribution in [0.25, 0.3) is 5.69 Å². The van der Waals surface area contributed by atoms with Gasteiger partial charge in [-0.15, -0.1) is 5.10 Å². The lowest BCUT2D eigenvalue weighted by atomic mass is 10.1. The van der Waals surface area contributed by atoms with Gasteiger partial charge in [0.1, 0.15) is 5.69 Å². The van der Waals surface area contributed by atoms with Gasteiger partial charge in [0.15, 0.2) is 5.69 Å². The molecule has 2 aromatic rings. The van der Waals surface area contributed by atoms with Crippen LogP contribution in [0, 0.1) is 0 Å². The van der Waals surface area contributed by atoms with Gasteiger partial charge in [-0.2, -0.15) is 13.2 Å². The fraction of sp³-hybridized carbons (Fsp3) is 0.333. The molecule has 0 atom stereocenters. The summed E-state index contributed by atoms with van der Waals surface area (Å²) in [4.78, 5) is 0. The monoisotopic (exact) mass is 271 g/mol. The number of hydrogen-bond acceptors (Lipinski definition) is 3. The van der Waals surface area contributed by atoms with E-state index in [9.17, 15) is 13.2 Å². The van der Waals surface area contributed by atoms with E-state index < -0.39 is 24.2 Å². The number of aliphatic hydroxyl groups excluding tert-OH is 1. The molecule has 0 spiro atoms. The van der Waals surface area contributed by atoms with Gasteiger partial charge >= 0.3 is 6.18 Å². The average molecular weight is 271 g/mol. The third-order valence-electron chi connectivity index (χ3n) is 2.76. The zero-order valence-electron chi connectivity index (χ0n) is 10.1. The third-order valence-corrected chi connectivity index (χ3v) is 2.76. The van der Waals surface area contributed by atoms with Crippen molar-refractivity contribution < 1.29 is 18.3 Å². The van der Waals surface area contributed by atoms with Crippen molar-refractivity contribution in [1.82, 2.24) is 15.0 Å². The highest BCUT2D eigenvalue weighted by Gasteiger charge is 2.39. The molecule has 0 fully saturated rings. The quantitative estimate of drug-likeness (QED) is 0.932. The summed E-state index contributed by atoms with van der Waals surface area (Å²) in [6, 6.07) is 6.66. The highest BCUT2D eigenvalue weighted by atomic mass is 19.4. The number of nitrogens with zero attached hydrogens (tertiary/aromatic N) is 3. The topological polar surface area (TPSA) is 50.9 Å². The maximum absolute atomic E-state index is 13.0. The van der Waals surface area contributed by atoms with Crippen molar-refractivity contribution in [2.24, 2.45) is 0 Å². The van der Waals surface area contributed by atoms with Gasteiger partial charge in [-0.05, 0) is 18.1 Å². The average Bonchev–Trinajstić information content (AvgIpc) is 2.82. The SMILES string of the molecule is CCc1ccccc1-n1nnc(CO)c1C(F)(F)F. The van der Waals surface area contributed by atoms with E-state index in [2.05, 4.69) is 10.3 Å². The fourth-order valence-corrected chi connectivity index (χ4v) is 1.89. The first-order chi connectivity index (χ1) is 8.99. The Morgan fingerprint density at radius 3 is 2.53 bits per heavy atom. The molecule has 0 saturated carbocycles. The van der Waals surface area contributed by atoms with Crippen molar-refractivity contribution in [3.8, 4) is 5.69 Å². The van der Waals surface area contributed by atoms with Crippen LogP contribution in [-0.4, -0.2) is 20.1 Å². The Morgan fingerprint density at radius 1 is 1.26 bits per heavy atom. The molecule has 1 N–H and O–H groups in total. The van der Waals surface area contributed by atoms with E-state index in [4.69, 9.17) is 5.11 Å². The number of aryl methyl sites for hydroxylation is 1. The first-order valence-electron chi connectivity index (χ1n) is 5.70. The van der Waals surface area contributed by atoms with Crippen LogP contribution < -0.4 is 0 Å². The predicted molar refractivity (Wildman–Crippen MR) is 61.7 cm³/mol. The van der Waals surface area contributed by atoms with Crippen LogP contribution in [0.5, 0.6) is 0 Å². The molecule has 0 aliphatic rings. The summed E-state index contributed by atoms with van der Waals surface area (Å²) in [5.41, 5.74) is -0.457. The van der Waals surface area contributed by atoms with Gasteiger partial charge in [-0.25, -0.2) is 4.68 Å². The molecule has 1 heterocycles. The Morgan fingerprint density at radius 2 is 1.95 bits per heavy atom. The molecular weight excluding hydrogens is 259 g/mol. The predicted octanol–water partition coefficient (Wildman–Crippen LogP) is 2.34. The standard InChI is InChI=1S/C12H12F3N3O/c1-2-8-5-3-4-6-10(8)18-11(12(13,14)15)9(7-19)16-17-18/h3-6,19H,2,7H2,1H3. The summed E-state index contributed by atoms with van der Waals surface area (Å²) in [5.74, 6) is 0. The second-order valence-corrected chi connectivity index (χ2v) is 3.93. The number of halogens is 3. The second-order valence-electron chi connectivity index (χ2n) is 3.93. The van der Waals surface area contributed by atoms with E-state index in [0.717, 1.165) is 10.2 Å². The van der Waals surface area contributed by atoms with E-state index in [0.29, 0.717) is 12.1 Å². The van der Waals surface area contributed by atoms with Crippen molar-refractivity contribution in [2.75, 3.05) is 0 Å². The number of aliphatic hydroxyl groups is 1. The molecule has 7 heteroatoms. The lowest BCUT2D eigenvalue weighted by Crippen LogP contribution is -2.16. The van der Waals surface area contributed by atoms with Crippen LogP contribution >= 0.6 is 0 Å². The molecule has 0 saturated heterocycles. The Balaban J connectivity index is 2.66. The minimum Gasteiger partial charge on any atom is -0.390 e. The molecule has 102 valence electrons. The zero-order valence-corrected chi connectivity index (χ0v) is 10.1. The van der Waals surface area contributed by atoms with Crippen LogP contribution in [0.3, 0.4) is 0 Å². The van der Waals surface area contributed by atoms with Crippen LogP contribution in [0.4, 0.5) is 13.2 Å². The molecule has 19 heavy (non-hydrogen) atoms. The summed E-state index contributed by atoms with van der Waals surface area (Å²) in [5, 5.41) is 15.9. The number of aromatic nitrogens is 3. The molecule has 4 nitrogen and oxygen atoms in total. The number of para-hydroxylation sites is 1. The lowest BCUT2D eigenvalue weighted by Gasteiger charge is -2.13. The molecular formula is C12H12F3N3O. The molecule has 1 aromatic carbocycles. The van der Waals surface area contributed by atoms with Crippen molar-refractivity contribution >= 4 is 0 Å². The zero-order chi connectivity index (χ0) is 14.0. The van der Waals surface area contributed by atoms with Crippen molar-refractivity contribution in [1.29, 1.82) is 0 Å². The van der Waals surface area contributed by atoms with Gasteiger partial charge in [0.2, 0.25) is 0 Å². The van der Waals surface area contributed by atoms with E-state index in [1.165, 1.54) is 0 Å². The van der Waals surface area contributed by atoms with E-state index in [-0.39, 0.29) is 0 Å². The number of benzene rings is 1. The van der Waals surface area contributed by atoms with Crippen LogP contribution in [0.2, 0.25) is 0 Å². The highest BCUT2D eigenvalue weighted by Crippen LogP contribution is 2.33. The molecule has 0 aliphatic heterocycles. The minimum absolute atomic E-state index is 0.324. The Kier molecular flexibility index (Phi) is 3.57. The van der Waals surface area contributed by atoms with E-state index in [1.54, 1.807) is 24.3 Å². The smallest absolute Gasteiger partial charge is 0.390 e.